The second kappa shape index (κ2) is 5.72. The molecule has 0 aromatic carbocycles. The van der Waals surface area contributed by atoms with Gasteiger partial charge in [-0.3, -0.25) is 4.57 Å². The highest BCUT2D eigenvalue weighted by Gasteiger charge is 2.22. The first kappa shape index (κ1) is 13.3. The van der Waals surface area contributed by atoms with Crippen molar-refractivity contribution in [2.24, 2.45) is 0 Å². The molecule has 1 saturated heterocycles. The summed E-state index contributed by atoms with van der Waals surface area (Å²) in [5.41, 5.74) is 0. The number of imidazole rings is 1. The van der Waals surface area contributed by atoms with Gasteiger partial charge in [0.1, 0.15) is 6.33 Å². The number of hydrogen-bond acceptors (Lipinski definition) is 6. The van der Waals surface area contributed by atoms with E-state index in [-0.39, 0.29) is 11.4 Å². The first-order valence-corrected chi connectivity index (χ1v) is 6.90. The molecule has 1 aliphatic rings. The van der Waals surface area contributed by atoms with Gasteiger partial charge in [-0.15, -0.1) is 0 Å². The first-order valence-electron chi connectivity index (χ1n) is 6.52. The molecule has 1 aliphatic heterocycles. The van der Waals surface area contributed by atoms with E-state index < -0.39 is 0 Å². The van der Waals surface area contributed by atoms with E-state index in [0.717, 1.165) is 19.5 Å². The van der Waals surface area contributed by atoms with Gasteiger partial charge in [0.2, 0.25) is 17.2 Å². The summed E-state index contributed by atoms with van der Waals surface area (Å²) in [7, 11) is 0. The lowest BCUT2D eigenvalue weighted by Crippen LogP contribution is -2.43. The lowest BCUT2D eigenvalue weighted by atomic mass is 10.2. The van der Waals surface area contributed by atoms with E-state index in [1.807, 2.05) is 0 Å². The molecule has 20 heavy (non-hydrogen) atoms. The van der Waals surface area contributed by atoms with E-state index in [4.69, 9.17) is 16.3 Å². The van der Waals surface area contributed by atoms with Gasteiger partial charge in [0.15, 0.2) is 0 Å². The molecule has 0 radical (unpaired) electrons. The molecule has 0 saturated carbocycles. The minimum absolute atomic E-state index is 0.179. The summed E-state index contributed by atoms with van der Waals surface area (Å²) in [6.07, 6.45) is 6.23. The predicted molar refractivity (Wildman–Crippen MR) is 74.2 cm³/mol. The van der Waals surface area contributed by atoms with E-state index in [2.05, 4.69) is 31.8 Å². The molecule has 2 aromatic rings. The van der Waals surface area contributed by atoms with Gasteiger partial charge in [-0.2, -0.15) is 15.0 Å². The molecule has 0 N–H and O–H groups in total. The van der Waals surface area contributed by atoms with E-state index >= 15 is 0 Å². The third-order valence-electron chi connectivity index (χ3n) is 3.20. The highest BCUT2D eigenvalue weighted by atomic mass is 35.5. The molecule has 0 amide bonds. The van der Waals surface area contributed by atoms with Crippen molar-refractivity contribution in [3.05, 3.63) is 24.0 Å². The molecule has 0 aliphatic carbocycles. The largest absolute Gasteiger partial charge is 0.375 e. The molecule has 3 rings (SSSR count). The number of halogens is 1. The summed E-state index contributed by atoms with van der Waals surface area (Å²) in [5, 5.41) is 0.179. The Balaban J connectivity index is 1.89. The van der Waals surface area contributed by atoms with Gasteiger partial charge in [-0.1, -0.05) is 6.92 Å². The van der Waals surface area contributed by atoms with Crippen molar-refractivity contribution in [2.75, 3.05) is 24.6 Å². The molecule has 1 atom stereocenters. The summed E-state index contributed by atoms with van der Waals surface area (Å²) in [6.45, 7) is 4.29. The van der Waals surface area contributed by atoms with Crippen molar-refractivity contribution >= 4 is 17.5 Å². The highest BCUT2D eigenvalue weighted by Crippen LogP contribution is 2.17. The predicted octanol–water partition coefficient (Wildman–Crippen LogP) is 1.33. The summed E-state index contributed by atoms with van der Waals surface area (Å²) in [6, 6.07) is 0. The molecule has 7 nitrogen and oxygen atoms in total. The lowest BCUT2D eigenvalue weighted by Gasteiger charge is -2.32. The van der Waals surface area contributed by atoms with Crippen LogP contribution in [0.4, 0.5) is 5.95 Å². The van der Waals surface area contributed by atoms with Crippen LogP contribution in [0.3, 0.4) is 0 Å². The summed E-state index contributed by atoms with van der Waals surface area (Å²) >= 11 is 6.00. The quantitative estimate of drug-likeness (QED) is 0.850. The van der Waals surface area contributed by atoms with Crippen molar-refractivity contribution in [3.63, 3.8) is 0 Å². The number of nitrogens with zero attached hydrogens (tertiary/aromatic N) is 6. The van der Waals surface area contributed by atoms with Crippen molar-refractivity contribution in [1.29, 1.82) is 0 Å². The Hall–Kier alpha value is -1.73. The van der Waals surface area contributed by atoms with Crippen molar-refractivity contribution in [3.8, 4) is 5.95 Å². The Morgan fingerprint density at radius 3 is 2.95 bits per heavy atom. The molecule has 2 aromatic heterocycles. The van der Waals surface area contributed by atoms with Crippen LogP contribution in [0, 0.1) is 0 Å². The second-order valence-electron chi connectivity index (χ2n) is 4.52. The minimum Gasteiger partial charge on any atom is -0.375 e. The van der Waals surface area contributed by atoms with E-state index in [9.17, 15) is 0 Å². The maximum Gasteiger partial charge on any atom is 0.241 e. The van der Waals surface area contributed by atoms with Crippen LogP contribution in [0.2, 0.25) is 5.28 Å². The monoisotopic (exact) mass is 294 g/mol. The summed E-state index contributed by atoms with van der Waals surface area (Å²) < 4.78 is 7.35. The third-order valence-corrected chi connectivity index (χ3v) is 3.37. The Kier molecular flexibility index (Phi) is 3.79. The molecule has 0 bridgehead atoms. The average Bonchev–Trinajstić information content (AvgIpc) is 3.01. The molecule has 1 fully saturated rings. The fraction of sp³-hybridized carbons (Fsp3) is 0.500. The number of anilines is 1. The molecule has 8 heteroatoms. The normalized spacial score (nSPS) is 19.3. The van der Waals surface area contributed by atoms with E-state index in [1.165, 1.54) is 0 Å². The van der Waals surface area contributed by atoms with Gasteiger partial charge in [0, 0.05) is 25.5 Å². The van der Waals surface area contributed by atoms with Gasteiger partial charge in [-0.25, -0.2) is 4.98 Å². The number of ether oxygens (including phenoxy) is 1. The van der Waals surface area contributed by atoms with Crippen molar-refractivity contribution in [1.82, 2.24) is 24.5 Å². The van der Waals surface area contributed by atoms with Crippen molar-refractivity contribution < 1.29 is 4.74 Å². The Bertz CT molecular complexity index is 575. The highest BCUT2D eigenvalue weighted by molar-refractivity contribution is 6.28. The maximum atomic E-state index is 6.00. The zero-order valence-corrected chi connectivity index (χ0v) is 11.9. The minimum atomic E-state index is 0.179. The van der Waals surface area contributed by atoms with Crippen LogP contribution in [-0.2, 0) is 4.74 Å². The van der Waals surface area contributed by atoms with Crippen LogP contribution >= 0.6 is 11.6 Å². The van der Waals surface area contributed by atoms with Gasteiger partial charge in [0.25, 0.3) is 0 Å². The maximum absolute atomic E-state index is 6.00. The topological polar surface area (TPSA) is 69.0 Å². The number of aromatic nitrogens is 5. The number of rotatable bonds is 3. The molecular weight excluding hydrogens is 280 g/mol. The summed E-state index contributed by atoms with van der Waals surface area (Å²) in [4.78, 5) is 18.8. The summed E-state index contributed by atoms with van der Waals surface area (Å²) in [5.74, 6) is 1.05. The second-order valence-corrected chi connectivity index (χ2v) is 4.86. The van der Waals surface area contributed by atoms with Crippen LogP contribution in [0.15, 0.2) is 18.7 Å². The SMILES string of the molecule is CCC1CN(c2nc(Cl)nc(-n3ccnc3)n2)CCO1. The molecule has 3 heterocycles. The number of hydrogen-bond donors (Lipinski definition) is 0. The van der Waals surface area contributed by atoms with Crippen LogP contribution in [-0.4, -0.2) is 50.3 Å². The van der Waals surface area contributed by atoms with Gasteiger partial charge < -0.3 is 9.64 Å². The Labute approximate surface area is 121 Å². The van der Waals surface area contributed by atoms with Gasteiger partial charge >= 0.3 is 0 Å². The van der Waals surface area contributed by atoms with E-state index in [0.29, 0.717) is 18.5 Å². The molecule has 1 unspecified atom stereocenters. The van der Waals surface area contributed by atoms with Gasteiger partial charge in [-0.05, 0) is 18.0 Å². The van der Waals surface area contributed by atoms with Crippen molar-refractivity contribution in [2.45, 2.75) is 19.4 Å². The molecule has 106 valence electrons. The van der Waals surface area contributed by atoms with Crippen LogP contribution in [0.5, 0.6) is 0 Å². The van der Waals surface area contributed by atoms with Crippen LogP contribution < -0.4 is 4.90 Å². The van der Waals surface area contributed by atoms with Gasteiger partial charge in [0.05, 0.1) is 12.7 Å². The fourth-order valence-corrected chi connectivity index (χ4v) is 2.26. The molecular formula is C12H15ClN6O. The standard InChI is InChI=1S/C12H15ClN6O/c1-2-9-7-18(5-6-20-9)11-15-10(13)16-12(17-11)19-4-3-14-8-19/h3-4,8-9H,2,5-7H2,1H3. The Morgan fingerprint density at radius 1 is 1.35 bits per heavy atom. The zero-order valence-electron chi connectivity index (χ0n) is 11.1. The Morgan fingerprint density at radius 2 is 2.20 bits per heavy atom. The van der Waals surface area contributed by atoms with E-state index in [1.54, 1.807) is 23.3 Å². The van der Waals surface area contributed by atoms with Crippen LogP contribution in [0.25, 0.3) is 5.95 Å². The molecule has 0 spiro atoms. The average molecular weight is 295 g/mol. The lowest BCUT2D eigenvalue weighted by molar-refractivity contribution is 0.0378. The number of morpholine rings is 1. The third kappa shape index (κ3) is 2.73. The smallest absolute Gasteiger partial charge is 0.241 e. The first-order chi connectivity index (χ1) is 9.76. The fourth-order valence-electron chi connectivity index (χ4n) is 2.11. The zero-order chi connectivity index (χ0) is 13.9. The van der Waals surface area contributed by atoms with Crippen LogP contribution in [0.1, 0.15) is 13.3 Å².